The second-order valence-corrected chi connectivity index (χ2v) is 4.44. The van der Waals surface area contributed by atoms with E-state index in [-0.39, 0.29) is 0 Å². The van der Waals surface area contributed by atoms with Gasteiger partial charge in [0.1, 0.15) is 6.33 Å². The van der Waals surface area contributed by atoms with E-state index < -0.39 is 0 Å². The first-order valence-electron chi connectivity index (χ1n) is 6.12. The number of ether oxygens (including phenoxy) is 1. The smallest absolute Gasteiger partial charge is 0.115 e. The number of aromatic nitrogens is 2. The van der Waals surface area contributed by atoms with Crippen LogP contribution in [0.1, 0.15) is 12.5 Å². The zero-order chi connectivity index (χ0) is 11.9. The first-order chi connectivity index (χ1) is 8.34. The Kier molecular flexibility index (Phi) is 4.85. The lowest BCUT2D eigenvalue weighted by atomic mass is 10.2. The minimum absolute atomic E-state index is 0.466. The Hall–Kier alpha value is -1.04. The highest BCUT2D eigenvalue weighted by Gasteiger charge is 2.13. The zero-order valence-electron chi connectivity index (χ0n) is 10.3. The van der Waals surface area contributed by atoms with Crippen molar-refractivity contribution in [2.45, 2.75) is 19.5 Å². The van der Waals surface area contributed by atoms with Gasteiger partial charge in [-0.25, -0.2) is 9.97 Å². The minimum Gasteiger partial charge on any atom is -0.379 e. The van der Waals surface area contributed by atoms with E-state index in [4.69, 9.17) is 4.74 Å². The maximum Gasteiger partial charge on any atom is 0.115 e. The van der Waals surface area contributed by atoms with Crippen LogP contribution < -0.4 is 5.32 Å². The normalized spacial score (nSPS) is 19.1. The van der Waals surface area contributed by atoms with Crippen LogP contribution in [0.2, 0.25) is 0 Å². The lowest BCUT2D eigenvalue weighted by molar-refractivity contribution is 0.0343. The molecule has 0 saturated carbocycles. The first-order valence-corrected chi connectivity index (χ1v) is 6.12. The fourth-order valence-electron chi connectivity index (χ4n) is 1.95. The molecule has 0 aliphatic carbocycles. The molecule has 1 aliphatic heterocycles. The molecule has 0 amide bonds. The standard InChI is InChI=1S/C12H20N4O/c1-11(9-16-2-4-17-5-3-16)15-8-12-6-13-10-14-7-12/h6-7,10-11,15H,2-5,8-9H2,1H3. The van der Waals surface area contributed by atoms with Crippen molar-refractivity contribution in [3.8, 4) is 0 Å². The molecule has 1 atom stereocenters. The fraction of sp³-hybridized carbons (Fsp3) is 0.667. The first kappa shape index (κ1) is 12.4. The maximum atomic E-state index is 5.33. The van der Waals surface area contributed by atoms with Crippen LogP contribution in [-0.4, -0.2) is 53.8 Å². The molecule has 0 bridgehead atoms. The van der Waals surface area contributed by atoms with Gasteiger partial charge in [0.05, 0.1) is 13.2 Å². The van der Waals surface area contributed by atoms with Crippen LogP contribution in [0.5, 0.6) is 0 Å². The van der Waals surface area contributed by atoms with Crippen molar-refractivity contribution in [2.75, 3.05) is 32.8 Å². The molecular formula is C12H20N4O. The lowest BCUT2D eigenvalue weighted by Crippen LogP contribution is -2.44. The van der Waals surface area contributed by atoms with Crippen molar-refractivity contribution < 1.29 is 4.74 Å². The molecular weight excluding hydrogens is 216 g/mol. The topological polar surface area (TPSA) is 50.3 Å². The van der Waals surface area contributed by atoms with Gasteiger partial charge in [0.2, 0.25) is 0 Å². The lowest BCUT2D eigenvalue weighted by Gasteiger charge is -2.29. The van der Waals surface area contributed by atoms with Crippen molar-refractivity contribution in [2.24, 2.45) is 0 Å². The molecule has 1 N–H and O–H groups in total. The van der Waals surface area contributed by atoms with Crippen molar-refractivity contribution >= 4 is 0 Å². The summed E-state index contributed by atoms with van der Waals surface area (Å²) in [4.78, 5) is 10.4. The predicted molar refractivity (Wildman–Crippen MR) is 65.6 cm³/mol. The largest absolute Gasteiger partial charge is 0.379 e. The summed E-state index contributed by atoms with van der Waals surface area (Å²) >= 11 is 0. The van der Waals surface area contributed by atoms with Crippen LogP contribution in [0.3, 0.4) is 0 Å². The fourth-order valence-corrected chi connectivity index (χ4v) is 1.95. The van der Waals surface area contributed by atoms with Gasteiger partial charge in [0.15, 0.2) is 0 Å². The van der Waals surface area contributed by atoms with Crippen molar-refractivity contribution in [1.29, 1.82) is 0 Å². The van der Waals surface area contributed by atoms with E-state index >= 15 is 0 Å². The molecule has 0 radical (unpaired) electrons. The third-order valence-corrected chi connectivity index (χ3v) is 2.90. The Morgan fingerprint density at radius 3 is 2.76 bits per heavy atom. The second-order valence-electron chi connectivity index (χ2n) is 4.44. The van der Waals surface area contributed by atoms with Gasteiger partial charge in [-0.15, -0.1) is 0 Å². The molecule has 5 nitrogen and oxygen atoms in total. The highest BCUT2D eigenvalue weighted by atomic mass is 16.5. The molecule has 2 heterocycles. The summed E-state index contributed by atoms with van der Waals surface area (Å²) in [5.41, 5.74) is 1.13. The third kappa shape index (κ3) is 4.38. The maximum absolute atomic E-state index is 5.33. The zero-order valence-corrected chi connectivity index (χ0v) is 10.3. The Labute approximate surface area is 102 Å². The molecule has 0 spiro atoms. The van der Waals surface area contributed by atoms with Crippen molar-refractivity contribution in [3.05, 3.63) is 24.3 Å². The van der Waals surface area contributed by atoms with Crippen LogP contribution in [-0.2, 0) is 11.3 Å². The quantitative estimate of drug-likeness (QED) is 0.796. The average Bonchev–Trinajstić information content (AvgIpc) is 2.39. The van der Waals surface area contributed by atoms with Crippen molar-refractivity contribution in [1.82, 2.24) is 20.2 Å². The molecule has 2 rings (SSSR count). The van der Waals surface area contributed by atoms with Crippen LogP contribution in [0.15, 0.2) is 18.7 Å². The van der Waals surface area contributed by atoms with Gasteiger partial charge in [-0.1, -0.05) is 0 Å². The Bertz CT molecular complexity index is 314. The molecule has 1 aromatic rings. The van der Waals surface area contributed by atoms with E-state index in [2.05, 4.69) is 27.1 Å². The van der Waals surface area contributed by atoms with Gasteiger partial charge in [-0.05, 0) is 6.92 Å². The molecule has 1 aromatic heterocycles. The second kappa shape index (κ2) is 6.64. The number of nitrogens with one attached hydrogen (secondary N) is 1. The third-order valence-electron chi connectivity index (χ3n) is 2.90. The summed E-state index contributed by atoms with van der Waals surface area (Å²) < 4.78 is 5.33. The van der Waals surface area contributed by atoms with E-state index in [1.165, 1.54) is 0 Å². The van der Waals surface area contributed by atoms with E-state index in [0.717, 1.165) is 45.0 Å². The van der Waals surface area contributed by atoms with Gasteiger partial charge in [0, 0.05) is 50.2 Å². The molecule has 0 aromatic carbocycles. The van der Waals surface area contributed by atoms with Gasteiger partial charge in [-0.3, -0.25) is 4.90 Å². The number of nitrogens with zero attached hydrogens (tertiary/aromatic N) is 3. The molecule has 1 unspecified atom stereocenters. The van der Waals surface area contributed by atoms with Gasteiger partial charge >= 0.3 is 0 Å². The summed E-state index contributed by atoms with van der Waals surface area (Å²) in [5.74, 6) is 0. The molecule has 1 fully saturated rings. The van der Waals surface area contributed by atoms with Gasteiger partial charge < -0.3 is 10.1 Å². The number of rotatable bonds is 5. The summed E-state index contributed by atoms with van der Waals surface area (Å²) in [6.07, 6.45) is 5.25. The summed E-state index contributed by atoms with van der Waals surface area (Å²) in [7, 11) is 0. The van der Waals surface area contributed by atoms with Gasteiger partial charge in [-0.2, -0.15) is 0 Å². The molecule has 1 aliphatic rings. The Morgan fingerprint density at radius 1 is 1.35 bits per heavy atom. The number of hydrogen-bond acceptors (Lipinski definition) is 5. The van der Waals surface area contributed by atoms with Crippen LogP contribution in [0.25, 0.3) is 0 Å². The highest BCUT2D eigenvalue weighted by molar-refractivity contribution is 5.01. The average molecular weight is 236 g/mol. The summed E-state index contributed by atoms with van der Waals surface area (Å²) in [5, 5.41) is 3.48. The van der Waals surface area contributed by atoms with Gasteiger partial charge in [0.25, 0.3) is 0 Å². The summed E-state index contributed by atoms with van der Waals surface area (Å²) in [6, 6.07) is 0.466. The highest BCUT2D eigenvalue weighted by Crippen LogP contribution is 1.99. The Balaban J connectivity index is 1.68. The minimum atomic E-state index is 0.466. The SMILES string of the molecule is CC(CN1CCOCC1)NCc1cncnc1. The molecule has 5 heteroatoms. The van der Waals surface area contributed by atoms with E-state index in [1.807, 2.05) is 12.4 Å². The monoisotopic (exact) mass is 236 g/mol. The van der Waals surface area contributed by atoms with Crippen LogP contribution in [0.4, 0.5) is 0 Å². The molecule has 94 valence electrons. The number of hydrogen-bond donors (Lipinski definition) is 1. The van der Waals surface area contributed by atoms with Crippen LogP contribution >= 0.6 is 0 Å². The number of morpholine rings is 1. The van der Waals surface area contributed by atoms with E-state index in [0.29, 0.717) is 6.04 Å². The van der Waals surface area contributed by atoms with E-state index in [9.17, 15) is 0 Å². The predicted octanol–water partition coefficient (Wildman–Crippen LogP) is 0.287. The van der Waals surface area contributed by atoms with E-state index in [1.54, 1.807) is 6.33 Å². The van der Waals surface area contributed by atoms with Crippen molar-refractivity contribution in [3.63, 3.8) is 0 Å². The summed E-state index contributed by atoms with van der Waals surface area (Å²) in [6.45, 7) is 7.90. The Morgan fingerprint density at radius 2 is 2.06 bits per heavy atom. The van der Waals surface area contributed by atoms with Crippen LogP contribution in [0, 0.1) is 0 Å². The molecule has 17 heavy (non-hydrogen) atoms. The molecule has 1 saturated heterocycles.